The molecule has 5 atom stereocenters. The van der Waals surface area contributed by atoms with Gasteiger partial charge in [-0.05, 0) is 43.4 Å². The van der Waals surface area contributed by atoms with Gasteiger partial charge >= 0.3 is 6.09 Å². The minimum atomic E-state index is -0.217. The summed E-state index contributed by atoms with van der Waals surface area (Å²) >= 11 is 0. The number of carbonyl (C=O) groups excluding carboxylic acids is 1. The van der Waals surface area contributed by atoms with Crippen LogP contribution in [-0.4, -0.2) is 18.7 Å². The molecule has 4 rings (SSSR count). The van der Waals surface area contributed by atoms with Crippen molar-refractivity contribution in [3.63, 3.8) is 0 Å². The average Bonchev–Trinajstić information content (AvgIpc) is 2.52. The Labute approximate surface area is 77.8 Å². The fourth-order valence-electron chi connectivity index (χ4n) is 3.60. The highest BCUT2D eigenvalue weighted by molar-refractivity contribution is 5.68. The van der Waals surface area contributed by atoms with Gasteiger partial charge in [0.1, 0.15) is 0 Å². The zero-order valence-corrected chi connectivity index (χ0v) is 7.82. The van der Waals surface area contributed by atoms with Crippen LogP contribution >= 0.6 is 0 Å². The molecule has 0 radical (unpaired) electrons. The minimum Gasteiger partial charge on any atom is -0.450 e. The van der Waals surface area contributed by atoms with Gasteiger partial charge in [-0.1, -0.05) is 0 Å². The molecule has 0 aromatic rings. The van der Waals surface area contributed by atoms with Gasteiger partial charge in [0.15, 0.2) is 0 Å². The third kappa shape index (κ3) is 0.930. The van der Waals surface area contributed by atoms with Crippen molar-refractivity contribution in [2.75, 3.05) is 6.61 Å². The third-order valence-electron chi connectivity index (χ3n) is 4.03. The number of nitrogens with one attached hydrogen (secondary N) is 1. The van der Waals surface area contributed by atoms with Gasteiger partial charge in [-0.25, -0.2) is 4.79 Å². The van der Waals surface area contributed by atoms with Gasteiger partial charge in [-0.3, -0.25) is 0 Å². The van der Waals surface area contributed by atoms with E-state index in [9.17, 15) is 4.79 Å². The molecular weight excluding hydrogens is 166 g/mol. The third-order valence-corrected chi connectivity index (χ3v) is 4.03. The van der Waals surface area contributed by atoms with Crippen molar-refractivity contribution < 1.29 is 9.53 Å². The Morgan fingerprint density at radius 2 is 2.15 bits per heavy atom. The van der Waals surface area contributed by atoms with E-state index in [2.05, 4.69) is 5.32 Å². The Morgan fingerprint density at radius 1 is 1.46 bits per heavy atom. The highest BCUT2D eigenvalue weighted by atomic mass is 16.5. The molecule has 4 saturated carbocycles. The molecule has 3 heteroatoms. The second kappa shape index (κ2) is 2.40. The zero-order chi connectivity index (χ0) is 9.00. The van der Waals surface area contributed by atoms with Crippen molar-refractivity contribution in [3.8, 4) is 0 Å². The molecule has 0 heterocycles. The predicted octanol–water partition coefficient (Wildman–Crippen LogP) is 1.39. The van der Waals surface area contributed by atoms with E-state index in [0.717, 1.165) is 23.7 Å². The van der Waals surface area contributed by atoms with Gasteiger partial charge in [0, 0.05) is 6.04 Å². The summed E-state index contributed by atoms with van der Waals surface area (Å²) < 4.78 is 4.89. The molecule has 1 amide bonds. The van der Waals surface area contributed by atoms with Gasteiger partial charge in [0.05, 0.1) is 6.61 Å². The predicted molar refractivity (Wildman–Crippen MR) is 47.1 cm³/mol. The molecule has 2 unspecified atom stereocenters. The minimum absolute atomic E-state index is 0.217. The lowest BCUT2D eigenvalue weighted by Gasteiger charge is -2.15. The largest absolute Gasteiger partial charge is 0.450 e. The molecule has 0 aromatic carbocycles. The topological polar surface area (TPSA) is 38.3 Å². The number of amides is 1. The lowest BCUT2D eigenvalue weighted by atomic mass is 10.1. The van der Waals surface area contributed by atoms with Crippen LogP contribution in [0, 0.1) is 23.7 Å². The first kappa shape index (κ1) is 7.65. The Morgan fingerprint density at radius 3 is 2.62 bits per heavy atom. The lowest BCUT2D eigenvalue weighted by molar-refractivity contribution is 0.145. The van der Waals surface area contributed by atoms with Gasteiger partial charge in [0.2, 0.25) is 0 Å². The van der Waals surface area contributed by atoms with Crippen molar-refractivity contribution in [1.29, 1.82) is 0 Å². The van der Waals surface area contributed by atoms with Crippen molar-refractivity contribution in [3.05, 3.63) is 0 Å². The molecule has 4 aliphatic carbocycles. The first-order valence-electron chi connectivity index (χ1n) is 5.24. The van der Waals surface area contributed by atoms with Gasteiger partial charge in [-0.2, -0.15) is 0 Å². The second-order valence-corrected chi connectivity index (χ2v) is 4.53. The van der Waals surface area contributed by atoms with E-state index in [1.54, 1.807) is 0 Å². The molecule has 3 nitrogen and oxygen atoms in total. The van der Waals surface area contributed by atoms with E-state index in [0.29, 0.717) is 12.6 Å². The standard InChI is InChI=1S/C10H15NO2/c1-2-13-10(12)11-9-5-3-6-7(4-5)8(6)9/h5-9H,2-4H2,1H3,(H,11,12)/t5?,6-,7+,8?,9-/m1/s1. The molecule has 4 bridgehead atoms. The summed E-state index contributed by atoms with van der Waals surface area (Å²) in [5, 5.41) is 3.00. The SMILES string of the molecule is CCOC(=O)N[C@@H]1C2C[C@@H]3C1[C@@H]3C2. The Hall–Kier alpha value is -0.730. The van der Waals surface area contributed by atoms with Crippen molar-refractivity contribution in [2.24, 2.45) is 23.7 Å². The maximum absolute atomic E-state index is 11.2. The van der Waals surface area contributed by atoms with Crippen LogP contribution < -0.4 is 5.32 Å². The highest BCUT2D eigenvalue weighted by Gasteiger charge is 2.68. The average molecular weight is 181 g/mol. The van der Waals surface area contributed by atoms with Crippen LogP contribution in [0.15, 0.2) is 0 Å². The van der Waals surface area contributed by atoms with E-state index in [1.165, 1.54) is 12.8 Å². The summed E-state index contributed by atoms with van der Waals surface area (Å²) in [7, 11) is 0. The second-order valence-electron chi connectivity index (χ2n) is 4.53. The summed E-state index contributed by atoms with van der Waals surface area (Å²) in [6, 6.07) is 0.453. The maximum Gasteiger partial charge on any atom is 0.407 e. The van der Waals surface area contributed by atoms with Crippen LogP contribution in [-0.2, 0) is 4.74 Å². The summed E-state index contributed by atoms with van der Waals surface area (Å²) in [5.41, 5.74) is 0. The van der Waals surface area contributed by atoms with Crippen LogP contribution in [0.1, 0.15) is 19.8 Å². The molecule has 0 saturated heterocycles. The Kier molecular flexibility index (Phi) is 1.41. The molecule has 4 aliphatic rings. The Balaban J connectivity index is 1.60. The number of alkyl carbamates (subject to hydrolysis) is 1. The zero-order valence-electron chi connectivity index (χ0n) is 7.82. The quantitative estimate of drug-likeness (QED) is 0.699. The number of carbonyl (C=O) groups is 1. The summed E-state index contributed by atoms with van der Waals surface area (Å²) in [5.74, 6) is 3.49. The van der Waals surface area contributed by atoms with E-state index in [4.69, 9.17) is 4.74 Å². The molecule has 13 heavy (non-hydrogen) atoms. The fourth-order valence-corrected chi connectivity index (χ4v) is 3.60. The number of rotatable bonds is 2. The van der Waals surface area contributed by atoms with Gasteiger partial charge in [-0.15, -0.1) is 0 Å². The number of ether oxygens (including phenoxy) is 1. The first-order chi connectivity index (χ1) is 6.31. The molecule has 72 valence electrons. The molecule has 1 N–H and O–H groups in total. The van der Waals surface area contributed by atoms with Gasteiger partial charge < -0.3 is 10.1 Å². The fraction of sp³-hybridized carbons (Fsp3) is 0.900. The molecule has 0 spiro atoms. The van der Waals surface area contributed by atoms with Crippen LogP contribution in [0.25, 0.3) is 0 Å². The van der Waals surface area contributed by atoms with Crippen molar-refractivity contribution >= 4 is 6.09 Å². The smallest absolute Gasteiger partial charge is 0.407 e. The van der Waals surface area contributed by atoms with E-state index in [-0.39, 0.29) is 6.09 Å². The van der Waals surface area contributed by atoms with E-state index in [1.807, 2.05) is 6.92 Å². The van der Waals surface area contributed by atoms with Gasteiger partial charge in [0.25, 0.3) is 0 Å². The maximum atomic E-state index is 11.2. The summed E-state index contributed by atoms with van der Waals surface area (Å²) in [6.45, 7) is 2.31. The van der Waals surface area contributed by atoms with Crippen molar-refractivity contribution in [1.82, 2.24) is 5.32 Å². The molecular formula is C10H15NO2. The monoisotopic (exact) mass is 181 g/mol. The van der Waals surface area contributed by atoms with Crippen LogP contribution in [0.2, 0.25) is 0 Å². The van der Waals surface area contributed by atoms with E-state index < -0.39 is 0 Å². The van der Waals surface area contributed by atoms with Crippen LogP contribution in [0.3, 0.4) is 0 Å². The summed E-state index contributed by atoms with van der Waals surface area (Å²) in [6.07, 6.45) is 2.49. The lowest BCUT2D eigenvalue weighted by Crippen LogP contribution is -2.37. The summed E-state index contributed by atoms with van der Waals surface area (Å²) in [4.78, 5) is 11.2. The number of hydrogen-bond donors (Lipinski definition) is 1. The highest BCUT2D eigenvalue weighted by Crippen LogP contribution is 2.70. The normalized spacial score (nSPS) is 49.2. The molecule has 0 aliphatic heterocycles. The molecule has 4 fully saturated rings. The van der Waals surface area contributed by atoms with Crippen LogP contribution in [0.4, 0.5) is 4.79 Å². The van der Waals surface area contributed by atoms with E-state index >= 15 is 0 Å². The Bertz CT molecular complexity index is 239. The molecule has 0 aromatic heterocycles. The van der Waals surface area contributed by atoms with Crippen LogP contribution in [0.5, 0.6) is 0 Å². The first-order valence-corrected chi connectivity index (χ1v) is 5.24. The van der Waals surface area contributed by atoms with Crippen molar-refractivity contribution in [2.45, 2.75) is 25.8 Å². The number of hydrogen-bond acceptors (Lipinski definition) is 2.